The fourth-order valence-electron chi connectivity index (χ4n) is 2.92. The van der Waals surface area contributed by atoms with Crippen LogP contribution in [0.1, 0.15) is 36.0 Å². The predicted molar refractivity (Wildman–Crippen MR) is 92.5 cm³/mol. The van der Waals surface area contributed by atoms with Gasteiger partial charge in [0, 0.05) is 17.3 Å². The third-order valence-corrected chi connectivity index (χ3v) is 5.14. The van der Waals surface area contributed by atoms with Crippen molar-refractivity contribution in [2.45, 2.75) is 38.3 Å². The highest BCUT2D eigenvalue weighted by Crippen LogP contribution is 2.38. The number of imidazole rings is 1. The Morgan fingerprint density at radius 3 is 2.91 bits per heavy atom. The predicted octanol–water partition coefficient (Wildman–Crippen LogP) is 3.68. The van der Waals surface area contributed by atoms with E-state index < -0.39 is 0 Å². The Morgan fingerprint density at radius 2 is 2.13 bits per heavy atom. The van der Waals surface area contributed by atoms with Crippen molar-refractivity contribution in [3.05, 3.63) is 52.5 Å². The third-order valence-electron chi connectivity index (χ3n) is 4.20. The highest BCUT2D eigenvalue weighted by atomic mass is 32.1. The maximum atomic E-state index is 12.1. The smallest absolute Gasteiger partial charge is 0.220 e. The van der Waals surface area contributed by atoms with E-state index in [9.17, 15) is 4.79 Å². The first kappa shape index (κ1) is 14.5. The van der Waals surface area contributed by atoms with Crippen LogP contribution < -0.4 is 5.32 Å². The summed E-state index contributed by atoms with van der Waals surface area (Å²) in [6.07, 6.45) is 3.76. The van der Waals surface area contributed by atoms with Crippen LogP contribution in [0.15, 0.2) is 41.8 Å². The summed E-state index contributed by atoms with van der Waals surface area (Å²) in [5.74, 6) is 1.06. The van der Waals surface area contributed by atoms with Crippen LogP contribution in [0.4, 0.5) is 0 Å². The zero-order chi connectivity index (χ0) is 15.6. The Kier molecular flexibility index (Phi) is 3.87. The molecule has 0 atom stereocenters. The number of benzene rings is 1. The quantitative estimate of drug-likeness (QED) is 0.751. The Labute approximate surface area is 139 Å². The number of thiophene rings is 1. The molecule has 2 heterocycles. The van der Waals surface area contributed by atoms with E-state index >= 15 is 0 Å². The van der Waals surface area contributed by atoms with Crippen molar-refractivity contribution in [3.8, 4) is 0 Å². The molecule has 1 aliphatic rings. The minimum Gasteiger partial charge on any atom is -0.349 e. The third kappa shape index (κ3) is 3.15. The summed E-state index contributed by atoms with van der Waals surface area (Å²) in [6.45, 7) is 0.508. The lowest BCUT2D eigenvalue weighted by Gasteiger charge is -2.08. The largest absolute Gasteiger partial charge is 0.349 e. The van der Waals surface area contributed by atoms with Gasteiger partial charge in [-0.05, 0) is 42.8 Å². The molecule has 0 bridgehead atoms. The van der Waals surface area contributed by atoms with E-state index in [1.165, 1.54) is 23.2 Å². The molecule has 1 saturated carbocycles. The number of hydrogen-bond donors (Lipinski definition) is 1. The van der Waals surface area contributed by atoms with Gasteiger partial charge in [-0.2, -0.15) is 0 Å². The van der Waals surface area contributed by atoms with E-state index in [4.69, 9.17) is 4.98 Å². The van der Waals surface area contributed by atoms with E-state index in [1.54, 1.807) is 11.3 Å². The molecular weight excluding hydrogens is 306 g/mol. The van der Waals surface area contributed by atoms with Crippen LogP contribution in [0.5, 0.6) is 0 Å². The number of aryl methyl sites for hydroxylation is 1. The van der Waals surface area contributed by atoms with Crippen molar-refractivity contribution in [2.75, 3.05) is 0 Å². The van der Waals surface area contributed by atoms with Gasteiger partial charge in [0.2, 0.25) is 5.91 Å². The Balaban J connectivity index is 1.43. The van der Waals surface area contributed by atoms with Crippen LogP contribution >= 0.6 is 11.3 Å². The van der Waals surface area contributed by atoms with Gasteiger partial charge >= 0.3 is 0 Å². The van der Waals surface area contributed by atoms with Crippen molar-refractivity contribution >= 4 is 28.3 Å². The lowest BCUT2D eigenvalue weighted by molar-refractivity contribution is -0.121. The second-order valence-electron chi connectivity index (χ2n) is 5.97. The van der Waals surface area contributed by atoms with E-state index in [1.807, 2.05) is 29.6 Å². The SMILES string of the molecule is O=C(CCc1cccs1)NCc1nc2ccccc2n1C1CC1. The molecule has 1 amide bonds. The van der Waals surface area contributed by atoms with Gasteiger partial charge in [-0.3, -0.25) is 4.79 Å². The monoisotopic (exact) mass is 325 g/mol. The van der Waals surface area contributed by atoms with Gasteiger partial charge in [-0.25, -0.2) is 4.98 Å². The molecule has 5 heteroatoms. The van der Waals surface area contributed by atoms with Crippen LogP contribution in [0, 0.1) is 0 Å². The van der Waals surface area contributed by atoms with Gasteiger partial charge in [0.15, 0.2) is 0 Å². The topological polar surface area (TPSA) is 46.9 Å². The van der Waals surface area contributed by atoms with Gasteiger partial charge in [0.1, 0.15) is 5.82 Å². The number of amides is 1. The summed E-state index contributed by atoms with van der Waals surface area (Å²) in [5.41, 5.74) is 2.19. The molecule has 2 aromatic heterocycles. The molecule has 1 N–H and O–H groups in total. The van der Waals surface area contributed by atoms with Crippen molar-refractivity contribution < 1.29 is 4.79 Å². The van der Waals surface area contributed by atoms with Crippen LogP contribution in [-0.4, -0.2) is 15.5 Å². The highest BCUT2D eigenvalue weighted by Gasteiger charge is 2.28. The number of nitrogens with one attached hydrogen (secondary N) is 1. The van der Waals surface area contributed by atoms with Gasteiger partial charge in [0.05, 0.1) is 17.6 Å². The first-order chi connectivity index (χ1) is 11.3. The van der Waals surface area contributed by atoms with Crippen LogP contribution in [0.2, 0.25) is 0 Å². The number of carbonyl (C=O) groups is 1. The first-order valence-corrected chi connectivity index (χ1v) is 8.94. The lowest BCUT2D eigenvalue weighted by atomic mass is 10.2. The zero-order valence-corrected chi connectivity index (χ0v) is 13.7. The van der Waals surface area contributed by atoms with Gasteiger partial charge < -0.3 is 9.88 Å². The molecule has 0 radical (unpaired) electrons. The van der Waals surface area contributed by atoms with E-state index in [0.29, 0.717) is 19.0 Å². The summed E-state index contributed by atoms with van der Waals surface area (Å²) in [5, 5.41) is 5.07. The fraction of sp³-hybridized carbons (Fsp3) is 0.333. The van der Waals surface area contributed by atoms with Gasteiger partial charge in [0.25, 0.3) is 0 Å². The van der Waals surface area contributed by atoms with Crippen LogP contribution in [-0.2, 0) is 17.8 Å². The molecule has 4 nitrogen and oxygen atoms in total. The number of fused-ring (bicyclic) bond motifs is 1. The van der Waals surface area contributed by atoms with Crippen LogP contribution in [0.25, 0.3) is 11.0 Å². The van der Waals surface area contributed by atoms with Crippen molar-refractivity contribution in [1.29, 1.82) is 0 Å². The Bertz CT molecular complexity index is 818. The summed E-state index contributed by atoms with van der Waals surface area (Å²) in [6, 6.07) is 12.9. The second-order valence-corrected chi connectivity index (χ2v) is 7.01. The molecule has 1 aliphatic carbocycles. The van der Waals surface area contributed by atoms with Gasteiger partial charge in [-0.15, -0.1) is 11.3 Å². The number of rotatable bonds is 6. The molecular formula is C18H19N3OS. The lowest BCUT2D eigenvalue weighted by Crippen LogP contribution is -2.24. The summed E-state index contributed by atoms with van der Waals surface area (Å²) < 4.78 is 2.30. The molecule has 0 saturated heterocycles. The Hall–Kier alpha value is -2.14. The molecule has 0 unspecified atom stereocenters. The van der Waals surface area contributed by atoms with Crippen LogP contribution in [0.3, 0.4) is 0 Å². The second kappa shape index (κ2) is 6.16. The number of carbonyl (C=O) groups excluding carboxylic acids is 1. The summed E-state index contributed by atoms with van der Waals surface area (Å²) >= 11 is 1.70. The summed E-state index contributed by atoms with van der Waals surface area (Å²) in [7, 11) is 0. The number of hydrogen-bond acceptors (Lipinski definition) is 3. The minimum atomic E-state index is 0.0906. The Morgan fingerprint density at radius 1 is 1.26 bits per heavy atom. The highest BCUT2D eigenvalue weighted by molar-refractivity contribution is 7.09. The van der Waals surface area contributed by atoms with E-state index in [2.05, 4.69) is 22.0 Å². The molecule has 4 rings (SSSR count). The van der Waals surface area contributed by atoms with Crippen molar-refractivity contribution in [2.24, 2.45) is 0 Å². The van der Waals surface area contributed by atoms with E-state index in [0.717, 1.165) is 17.8 Å². The maximum Gasteiger partial charge on any atom is 0.220 e. The minimum absolute atomic E-state index is 0.0906. The van der Waals surface area contributed by atoms with Crippen molar-refractivity contribution in [1.82, 2.24) is 14.9 Å². The summed E-state index contributed by atoms with van der Waals surface area (Å²) in [4.78, 5) is 18.0. The maximum absolute atomic E-state index is 12.1. The number of aromatic nitrogens is 2. The average molecular weight is 325 g/mol. The number of para-hydroxylation sites is 2. The van der Waals surface area contributed by atoms with Gasteiger partial charge in [-0.1, -0.05) is 18.2 Å². The van der Waals surface area contributed by atoms with Crippen molar-refractivity contribution in [3.63, 3.8) is 0 Å². The zero-order valence-electron chi connectivity index (χ0n) is 12.9. The molecule has 1 aromatic carbocycles. The normalized spacial score (nSPS) is 14.3. The molecule has 118 valence electrons. The fourth-order valence-corrected chi connectivity index (χ4v) is 3.63. The standard InChI is InChI=1S/C18H19N3OS/c22-18(10-9-14-4-3-11-23-14)19-12-17-20-15-5-1-2-6-16(15)21(17)13-7-8-13/h1-6,11,13H,7-10,12H2,(H,19,22). The molecule has 0 spiro atoms. The molecule has 23 heavy (non-hydrogen) atoms. The average Bonchev–Trinajstić information content (AvgIpc) is 3.13. The first-order valence-electron chi connectivity index (χ1n) is 8.06. The van der Waals surface area contributed by atoms with E-state index in [-0.39, 0.29) is 5.91 Å². The molecule has 0 aliphatic heterocycles. The molecule has 1 fully saturated rings. The number of nitrogens with zero attached hydrogens (tertiary/aromatic N) is 2. The molecule has 3 aromatic rings.